The van der Waals surface area contributed by atoms with Crippen molar-refractivity contribution < 1.29 is 9.53 Å². The van der Waals surface area contributed by atoms with Crippen LogP contribution in [0.25, 0.3) is 0 Å². The maximum absolute atomic E-state index is 12.9. The Labute approximate surface area is 149 Å². The van der Waals surface area contributed by atoms with Crippen molar-refractivity contribution in [3.8, 4) is 5.75 Å². The number of amides is 1. The lowest BCUT2D eigenvalue weighted by molar-refractivity contribution is -0.135. The molecule has 1 aromatic carbocycles. The molecule has 134 valence electrons. The first-order chi connectivity index (χ1) is 12.2. The maximum atomic E-state index is 12.9. The van der Waals surface area contributed by atoms with Crippen molar-refractivity contribution in [2.24, 2.45) is 0 Å². The van der Waals surface area contributed by atoms with Crippen LogP contribution in [0.3, 0.4) is 0 Å². The predicted octanol–water partition coefficient (Wildman–Crippen LogP) is 3.60. The van der Waals surface area contributed by atoms with E-state index in [4.69, 9.17) is 4.74 Å². The molecule has 3 rings (SSSR count). The molecule has 1 aliphatic rings. The Morgan fingerprint density at radius 2 is 2.08 bits per heavy atom. The summed E-state index contributed by atoms with van der Waals surface area (Å²) in [7, 11) is 1.66. The minimum atomic E-state index is 0.118. The van der Waals surface area contributed by atoms with Gasteiger partial charge in [-0.25, -0.2) is 4.98 Å². The number of likely N-dealkylation sites (tertiary alicyclic amines) is 1. The maximum Gasteiger partial charge on any atom is 0.223 e. The SMILES string of the molecule is CCn1ccnc1[C@@H]1CCCCN1C(=O)CCc1ccc(OC)cc1. The Bertz CT molecular complexity index is 693. The summed E-state index contributed by atoms with van der Waals surface area (Å²) in [5, 5.41) is 0. The smallest absolute Gasteiger partial charge is 0.223 e. The summed E-state index contributed by atoms with van der Waals surface area (Å²) in [6.45, 7) is 3.84. The Morgan fingerprint density at radius 3 is 2.80 bits per heavy atom. The zero-order chi connectivity index (χ0) is 17.6. The number of benzene rings is 1. The number of carbonyl (C=O) groups is 1. The highest BCUT2D eigenvalue weighted by atomic mass is 16.5. The summed E-state index contributed by atoms with van der Waals surface area (Å²) < 4.78 is 7.34. The lowest BCUT2D eigenvalue weighted by atomic mass is 10.00. The fourth-order valence-corrected chi connectivity index (χ4v) is 3.57. The summed E-state index contributed by atoms with van der Waals surface area (Å²) in [6, 6.07) is 8.07. The average molecular weight is 341 g/mol. The van der Waals surface area contributed by atoms with E-state index in [1.54, 1.807) is 7.11 Å². The van der Waals surface area contributed by atoms with E-state index in [1.165, 1.54) is 0 Å². The van der Waals surface area contributed by atoms with Crippen LogP contribution < -0.4 is 4.74 Å². The molecule has 1 fully saturated rings. The summed E-state index contributed by atoms with van der Waals surface area (Å²) in [5.41, 5.74) is 1.16. The molecular formula is C20H27N3O2. The number of rotatable bonds is 6. The van der Waals surface area contributed by atoms with E-state index in [-0.39, 0.29) is 11.9 Å². The van der Waals surface area contributed by atoms with E-state index in [0.29, 0.717) is 6.42 Å². The second-order valence-corrected chi connectivity index (χ2v) is 6.52. The van der Waals surface area contributed by atoms with E-state index in [2.05, 4.69) is 16.5 Å². The number of imidazole rings is 1. The molecule has 1 amide bonds. The Hall–Kier alpha value is -2.30. The number of methoxy groups -OCH3 is 1. The molecule has 1 aromatic heterocycles. The molecule has 0 N–H and O–H groups in total. The van der Waals surface area contributed by atoms with Crippen molar-refractivity contribution in [3.05, 3.63) is 48.0 Å². The van der Waals surface area contributed by atoms with Crippen LogP contribution in [0.2, 0.25) is 0 Å². The van der Waals surface area contributed by atoms with E-state index in [9.17, 15) is 4.79 Å². The lowest BCUT2D eigenvalue weighted by Gasteiger charge is -2.35. The van der Waals surface area contributed by atoms with Gasteiger partial charge in [0.25, 0.3) is 0 Å². The van der Waals surface area contributed by atoms with Gasteiger partial charge < -0.3 is 14.2 Å². The quantitative estimate of drug-likeness (QED) is 0.806. The van der Waals surface area contributed by atoms with Crippen molar-refractivity contribution in [2.45, 2.75) is 51.6 Å². The molecule has 0 radical (unpaired) electrons. The zero-order valence-electron chi connectivity index (χ0n) is 15.1. The van der Waals surface area contributed by atoms with Crippen LogP contribution in [0.15, 0.2) is 36.7 Å². The number of ether oxygens (including phenoxy) is 1. The van der Waals surface area contributed by atoms with Crippen LogP contribution in [0.5, 0.6) is 5.75 Å². The normalized spacial score (nSPS) is 17.5. The number of piperidine rings is 1. The third-order valence-corrected chi connectivity index (χ3v) is 5.00. The molecule has 25 heavy (non-hydrogen) atoms. The van der Waals surface area contributed by atoms with Crippen molar-refractivity contribution in [1.29, 1.82) is 0 Å². The van der Waals surface area contributed by atoms with Crippen molar-refractivity contribution in [1.82, 2.24) is 14.5 Å². The molecule has 0 bridgehead atoms. The monoisotopic (exact) mass is 341 g/mol. The second kappa shape index (κ2) is 8.19. The highest BCUT2D eigenvalue weighted by Gasteiger charge is 2.30. The molecule has 5 nitrogen and oxygen atoms in total. The van der Waals surface area contributed by atoms with Crippen LogP contribution in [0.4, 0.5) is 0 Å². The molecular weight excluding hydrogens is 314 g/mol. The fraction of sp³-hybridized carbons (Fsp3) is 0.500. The van der Waals surface area contributed by atoms with Gasteiger partial charge in [-0.3, -0.25) is 4.79 Å². The highest BCUT2D eigenvalue weighted by molar-refractivity contribution is 5.77. The molecule has 0 unspecified atom stereocenters. The molecule has 2 heterocycles. The third kappa shape index (κ3) is 4.03. The summed E-state index contributed by atoms with van der Waals surface area (Å²) in [4.78, 5) is 19.4. The number of hydrogen-bond donors (Lipinski definition) is 0. The Kier molecular flexibility index (Phi) is 5.74. The molecule has 0 spiro atoms. The lowest BCUT2D eigenvalue weighted by Crippen LogP contribution is -2.39. The molecule has 0 aliphatic carbocycles. The van der Waals surface area contributed by atoms with Gasteiger partial charge in [0.1, 0.15) is 11.6 Å². The van der Waals surface area contributed by atoms with E-state index >= 15 is 0 Å². The van der Waals surface area contributed by atoms with Crippen LogP contribution >= 0.6 is 0 Å². The van der Waals surface area contributed by atoms with Crippen molar-refractivity contribution >= 4 is 5.91 Å². The molecule has 1 aliphatic heterocycles. The molecule has 1 saturated heterocycles. The largest absolute Gasteiger partial charge is 0.497 e. The Morgan fingerprint density at radius 1 is 1.28 bits per heavy atom. The molecule has 5 heteroatoms. The van der Waals surface area contributed by atoms with Gasteiger partial charge in [-0.05, 0) is 50.3 Å². The van der Waals surface area contributed by atoms with Crippen LogP contribution in [0, 0.1) is 0 Å². The zero-order valence-corrected chi connectivity index (χ0v) is 15.1. The second-order valence-electron chi connectivity index (χ2n) is 6.52. The minimum absolute atomic E-state index is 0.118. The minimum Gasteiger partial charge on any atom is -0.497 e. The first-order valence-corrected chi connectivity index (χ1v) is 9.16. The molecule has 1 atom stereocenters. The van der Waals surface area contributed by atoms with Gasteiger partial charge in [-0.15, -0.1) is 0 Å². The van der Waals surface area contributed by atoms with Crippen LogP contribution in [-0.4, -0.2) is 34.0 Å². The summed E-state index contributed by atoms with van der Waals surface area (Å²) in [5.74, 6) is 2.10. The van der Waals surface area contributed by atoms with Gasteiger partial charge in [0.15, 0.2) is 0 Å². The van der Waals surface area contributed by atoms with Crippen LogP contribution in [0.1, 0.15) is 50.0 Å². The highest BCUT2D eigenvalue weighted by Crippen LogP contribution is 2.30. The number of aromatic nitrogens is 2. The van der Waals surface area contributed by atoms with Crippen molar-refractivity contribution in [3.63, 3.8) is 0 Å². The summed E-state index contributed by atoms with van der Waals surface area (Å²) >= 11 is 0. The van der Waals surface area contributed by atoms with E-state index < -0.39 is 0 Å². The van der Waals surface area contributed by atoms with E-state index in [1.807, 2.05) is 41.6 Å². The van der Waals surface area contributed by atoms with Crippen LogP contribution in [-0.2, 0) is 17.8 Å². The molecule has 0 saturated carbocycles. The Balaban J connectivity index is 1.66. The van der Waals surface area contributed by atoms with Gasteiger partial charge >= 0.3 is 0 Å². The third-order valence-electron chi connectivity index (χ3n) is 5.00. The predicted molar refractivity (Wildman–Crippen MR) is 97.5 cm³/mol. The van der Waals surface area contributed by atoms with Gasteiger partial charge in [0.2, 0.25) is 5.91 Å². The van der Waals surface area contributed by atoms with Gasteiger partial charge in [0, 0.05) is 31.9 Å². The standard InChI is InChI=1S/C20H27N3O2/c1-3-22-15-13-21-20(22)18-6-4-5-14-23(18)19(24)12-9-16-7-10-17(25-2)11-8-16/h7-8,10-11,13,15,18H,3-6,9,12,14H2,1-2H3/t18-/m0/s1. The number of aryl methyl sites for hydroxylation is 2. The van der Waals surface area contributed by atoms with Crippen molar-refractivity contribution in [2.75, 3.05) is 13.7 Å². The first kappa shape index (κ1) is 17.5. The van der Waals surface area contributed by atoms with Gasteiger partial charge in [-0.1, -0.05) is 12.1 Å². The fourth-order valence-electron chi connectivity index (χ4n) is 3.57. The summed E-state index contributed by atoms with van der Waals surface area (Å²) in [6.07, 6.45) is 8.38. The number of carbonyl (C=O) groups excluding carboxylic acids is 1. The number of nitrogens with zero attached hydrogens (tertiary/aromatic N) is 3. The first-order valence-electron chi connectivity index (χ1n) is 9.16. The van der Waals surface area contributed by atoms with Gasteiger partial charge in [0.05, 0.1) is 13.2 Å². The molecule has 2 aromatic rings. The van der Waals surface area contributed by atoms with E-state index in [0.717, 1.165) is 55.9 Å². The number of hydrogen-bond acceptors (Lipinski definition) is 3. The van der Waals surface area contributed by atoms with Gasteiger partial charge in [-0.2, -0.15) is 0 Å². The topological polar surface area (TPSA) is 47.4 Å². The average Bonchev–Trinajstić information content (AvgIpc) is 3.15.